The van der Waals surface area contributed by atoms with Gasteiger partial charge in [-0.2, -0.15) is 0 Å². The van der Waals surface area contributed by atoms with Gasteiger partial charge in [0, 0.05) is 50.4 Å². The number of carbonyl (C=O) groups is 10. The average Bonchev–Trinajstić information content (AvgIpc) is 3.55. The number of rotatable bonds is 24. The van der Waals surface area contributed by atoms with Crippen LogP contribution in [0.1, 0.15) is 25.7 Å². The maximum atomic E-state index is 13.0. The average molecular weight is 697 g/mol. The third kappa shape index (κ3) is 13.4. The van der Waals surface area contributed by atoms with Crippen molar-refractivity contribution in [1.82, 2.24) is 15.1 Å². The van der Waals surface area contributed by atoms with E-state index >= 15 is 0 Å². The second kappa shape index (κ2) is 20.1. The topological polar surface area (TPSA) is 293 Å². The van der Waals surface area contributed by atoms with Crippen LogP contribution in [0.15, 0.2) is 24.3 Å². The highest BCUT2D eigenvalue weighted by atomic mass is 16.6. The summed E-state index contributed by atoms with van der Waals surface area (Å²) in [7, 11) is 0. The molecule has 0 saturated heterocycles. The van der Waals surface area contributed by atoms with Crippen molar-refractivity contribution in [3.05, 3.63) is 24.3 Å². The van der Waals surface area contributed by atoms with Gasteiger partial charge in [-0.15, -0.1) is 0 Å². The molecule has 6 amide bonds. The van der Waals surface area contributed by atoms with Crippen LogP contribution in [0.5, 0.6) is 0 Å². The molecule has 20 heteroatoms. The Morgan fingerprint density at radius 3 is 1.69 bits per heavy atom. The maximum absolute atomic E-state index is 13.0. The van der Waals surface area contributed by atoms with Gasteiger partial charge in [-0.05, 0) is 6.42 Å². The number of ether oxygens (including phenoxy) is 4. The normalized spacial score (nSPS) is 15.7. The van der Waals surface area contributed by atoms with E-state index in [2.05, 4.69) is 5.32 Å². The van der Waals surface area contributed by atoms with Gasteiger partial charge < -0.3 is 40.2 Å². The van der Waals surface area contributed by atoms with Crippen molar-refractivity contribution in [2.75, 3.05) is 52.7 Å². The predicted octanol–water partition coefficient (Wildman–Crippen LogP) is -3.88. The van der Waals surface area contributed by atoms with E-state index in [1.54, 1.807) is 0 Å². The van der Waals surface area contributed by atoms with E-state index in [4.69, 9.17) is 29.8 Å². The largest absolute Gasteiger partial charge is 0.478 e. The monoisotopic (exact) mass is 696 g/mol. The molecular formula is C29H36N4O16. The zero-order valence-corrected chi connectivity index (χ0v) is 26.1. The number of aliphatic hydroxyl groups excluding tert-OH is 1. The van der Waals surface area contributed by atoms with Crippen LogP contribution in [0.4, 0.5) is 0 Å². The van der Waals surface area contributed by atoms with Crippen molar-refractivity contribution in [1.29, 1.82) is 0 Å². The van der Waals surface area contributed by atoms with Gasteiger partial charge in [0.25, 0.3) is 29.5 Å². The Balaban J connectivity index is 1.90. The quantitative estimate of drug-likeness (QED) is 0.0426. The fourth-order valence-corrected chi connectivity index (χ4v) is 4.09. The van der Waals surface area contributed by atoms with Crippen LogP contribution >= 0.6 is 0 Å². The van der Waals surface area contributed by atoms with E-state index in [0.717, 1.165) is 24.3 Å². The molecule has 0 aromatic heterocycles. The zero-order valence-electron chi connectivity index (χ0n) is 26.1. The number of primary amides is 1. The summed E-state index contributed by atoms with van der Waals surface area (Å²) in [5, 5.41) is 21.1. The van der Waals surface area contributed by atoms with Crippen molar-refractivity contribution in [3.63, 3.8) is 0 Å². The number of nitrogens with two attached hydrogens (primary N) is 1. The first kappa shape index (κ1) is 39.8. The molecular weight excluding hydrogens is 660 g/mol. The van der Waals surface area contributed by atoms with Gasteiger partial charge in [0.15, 0.2) is 5.78 Å². The molecule has 0 fully saturated rings. The molecule has 20 nitrogen and oxygen atoms in total. The van der Waals surface area contributed by atoms with Gasteiger partial charge in [-0.3, -0.25) is 53.0 Å². The van der Waals surface area contributed by atoms with Crippen molar-refractivity contribution in [2.24, 2.45) is 11.7 Å². The van der Waals surface area contributed by atoms with Crippen molar-refractivity contribution in [3.8, 4) is 0 Å². The molecule has 0 aliphatic carbocycles. The van der Waals surface area contributed by atoms with Crippen LogP contribution in [0.3, 0.4) is 0 Å². The number of nitrogens with zero attached hydrogens (tertiary/aromatic N) is 2. The van der Waals surface area contributed by atoms with Gasteiger partial charge in [-0.1, -0.05) is 0 Å². The van der Waals surface area contributed by atoms with E-state index in [9.17, 15) is 53.1 Å². The zero-order chi connectivity index (χ0) is 36.5. The molecule has 2 rings (SSSR count). The molecule has 0 saturated carbocycles. The SMILES string of the molecule is NC(=O)[C@H](CO)CCC(=O)COCCOCCNC(=O)[C@H](OC(=O)CCN1C(=O)C=CC1=O)[C@@H](OC(=O)CCN1C(=O)C=CC1=O)C(=O)O. The first-order valence-electron chi connectivity index (χ1n) is 14.8. The Kier molecular flexibility index (Phi) is 16.4. The van der Waals surface area contributed by atoms with E-state index in [-0.39, 0.29) is 51.6 Å². The van der Waals surface area contributed by atoms with Gasteiger partial charge in [0.2, 0.25) is 18.1 Å². The van der Waals surface area contributed by atoms with E-state index in [0.29, 0.717) is 9.80 Å². The Bertz CT molecular complexity index is 1340. The number of carboxylic acid groups (broad SMARTS) is 1. The van der Waals surface area contributed by atoms with Gasteiger partial charge in [0.1, 0.15) is 6.61 Å². The highest BCUT2D eigenvalue weighted by molar-refractivity contribution is 6.13. The number of amides is 6. The number of carboxylic acids is 1. The standard InChI is InChI=1S/C29H36N4O16/c30-27(42)17(15-34)1-2-18(35)16-47-14-13-46-12-9-31-28(43)25(48-23(40)7-10-32-19(36)3-4-20(32)37)26(29(44)45)49-24(41)8-11-33-21(38)5-6-22(33)39/h3-6,17,25-26,34H,1-2,7-16H2,(H2,30,42)(H,31,43)(H,44,45)/t17-,25+,26+/m0/s1. The lowest BCUT2D eigenvalue weighted by molar-refractivity contribution is -0.182. The Morgan fingerprint density at radius 2 is 1.22 bits per heavy atom. The molecule has 0 bridgehead atoms. The van der Waals surface area contributed by atoms with Crippen LogP contribution in [-0.2, 0) is 66.9 Å². The lowest BCUT2D eigenvalue weighted by Gasteiger charge is -2.24. The number of nitrogens with one attached hydrogen (secondary N) is 1. The summed E-state index contributed by atoms with van der Waals surface area (Å²) in [6.45, 7) is -2.23. The molecule has 2 heterocycles. The van der Waals surface area contributed by atoms with Gasteiger partial charge in [-0.25, -0.2) is 4.79 Å². The van der Waals surface area contributed by atoms with E-state index in [1.165, 1.54) is 0 Å². The number of ketones is 1. The number of aliphatic carboxylic acids is 1. The number of esters is 2. The molecule has 0 unspecified atom stereocenters. The summed E-state index contributed by atoms with van der Waals surface area (Å²) in [6.07, 6.45) is -2.05. The Labute approximate surface area is 278 Å². The summed E-state index contributed by atoms with van der Waals surface area (Å²) in [5.41, 5.74) is 5.10. The molecule has 0 aromatic carbocycles. The van der Waals surface area contributed by atoms with Crippen LogP contribution in [0.25, 0.3) is 0 Å². The molecule has 0 aromatic rings. The van der Waals surface area contributed by atoms with E-state index < -0.39 is 104 Å². The summed E-state index contributed by atoms with van der Waals surface area (Å²) in [5.74, 6) is -10.3. The number of hydrogen-bond donors (Lipinski definition) is 4. The summed E-state index contributed by atoms with van der Waals surface area (Å²) in [4.78, 5) is 121. The van der Waals surface area contributed by atoms with Crippen molar-refractivity contribution < 1.29 is 77.1 Å². The molecule has 0 spiro atoms. The number of aliphatic hydroxyl groups is 1. The first-order chi connectivity index (χ1) is 23.2. The van der Waals surface area contributed by atoms with Crippen molar-refractivity contribution >= 4 is 59.1 Å². The minimum atomic E-state index is -2.39. The second-order valence-corrected chi connectivity index (χ2v) is 10.3. The van der Waals surface area contributed by atoms with Gasteiger partial charge in [0.05, 0.1) is 45.2 Å². The number of Topliss-reactive ketones (excluding diaryl/α,β-unsaturated/α-hetero) is 1. The highest BCUT2D eigenvalue weighted by Crippen LogP contribution is 2.12. The predicted molar refractivity (Wildman–Crippen MR) is 157 cm³/mol. The van der Waals surface area contributed by atoms with Crippen molar-refractivity contribution in [2.45, 2.75) is 37.9 Å². The lowest BCUT2D eigenvalue weighted by atomic mass is 10.0. The molecule has 0 radical (unpaired) electrons. The number of hydrogen-bond acceptors (Lipinski definition) is 15. The first-order valence-corrected chi connectivity index (χ1v) is 14.8. The summed E-state index contributed by atoms with van der Waals surface area (Å²) < 4.78 is 20.3. The fourth-order valence-electron chi connectivity index (χ4n) is 4.09. The Hall–Kier alpha value is -5.34. The Morgan fingerprint density at radius 1 is 0.735 bits per heavy atom. The summed E-state index contributed by atoms with van der Waals surface area (Å²) in [6, 6.07) is 0. The third-order valence-corrected chi connectivity index (χ3v) is 6.75. The maximum Gasteiger partial charge on any atom is 0.349 e. The molecule has 2 aliphatic heterocycles. The molecule has 49 heavy (non-hydrogen) atoms. The molecule has 268 valence electrons. The van der Waals surface area contributed by atoms with Gasteiger partial charge >= 0.3 is 17.9 Å². The van der Waals surface area contributed by atoms with Crippen LogP contribution in [-0.4, -0.2) is 144 Å². The molecule has 5 N–H and O–H groups in total. The number of carbonyl (C=O) groups excluding carboxylic acids is 9. The highest BCUT2D eigenvalue weighted by Gasteiger charge is 2.41. The minimum absolute atomic E-state index is 0.0412. The lowest BCUT2D eigenvalue weighted by Crippen LogP contribution is -2.51. The van der Waals surface area contributed by atoms with Crippen LogP contribution in [0, 0.1) is 5.92 Å². The third-order valence-electron chi connectivity index (χ3n) is 6.75. The fraction of sp³-hybridized carbons (Fsp3) is 0.517. The molecule has 3 atom stereocenters. The molecule has 2 aliphatic rings. The second-order valence-electron chi connectivity index (χ2n) is 10.3. The minimum Gasteiger partial charge on any atom is -0.478 e. The van der Waals surface area contributed by atoms with Crippen LogP contribution < -0.4 is 11.1 Å². The van der Waals surface area contributed by atoms with Crippen LogP contribution in [0.2, 0.25) is 0 Å². The van der Waals surface area contributed by atoms with E-state index in [1.807, 2.05) is 0 Å². The smallest absolute Gasteiger partial charge is 0.349 e. The number of imide groups is 2. The summed E-state index contributed by atoms with van der Waals surface area (Å²) >= 11 is 0.